The summed E-state index contributed by atoms with van der Waals surface area (Å²) < 4.78 is 13.2. The number of carbonyl (C=O) groups excluding carboxylic acids is 2. The van der Waals surface area contributed by atoms with E-state index < -0.39 is 6.04 Å². The van der Waals surface area contributed by atoms with E-state index in [9.17, 15) is 14.0 Å². The molecule has 1 saturated heterocycles. The van der Waals surface area contributed by atoms with Crippen molar-refractivity contribution in [3.8, 4) is 0 Å². The van der Waals surface area contributed by atoms with Gasteiger partial charge in [0.1, 0.15) is 18.4 Å². The third kappa shape index (κ3) is 4.17. The lowest BCUT2D eigenvalue weighted by Crippen LogP contribution is -2.54. The fraction of sp³-hybridized carbons (Fsp3) is 0.333. The zero-order valence-corrected chi connectivity index (χ0v) is 15.9. The Labute approximate surface area is 159 Å². The van der Waals surface area contributed by atoms with Gasteiger partial charge >= 0.3 is 0 Å². The van der Waals surface area contributed by atoms with Crippen molar-refractivity contribution in [1.82, 2.24) is 9.80 Å². The molecule has 2 aromatic carbocycles. The number of benzene rings is 2. The Morgan fingerprint density at radius 1 is 1.04 bits per heavy atom. The molecule has 0 spiro atoms. The van der Waals surface area contributed by atoms with Gasteiger partial charge in [0.15, 0.2) is 0 Å². The van der Waals surface area contributed by atoms with E-state index in [1.54, 1.807) is 40.9 Å². The van der Waals surface area contributed by atoms with Crippen molar-refractivity contribution in [3.63, 3.8) is 0 Å². The Kier molecular flexibility index (Phi) is 5.56. The van der Waals surface area contributed by atoms with Gasteiger partial charge in [-0.1, -0.05) is 29.8 Å². The first kappa shape index (κ1) is 19.0. The summed E-state index contributed by atoms with van der Waals surface area (Å²) in [6.07, 6.45) is 0. The number of likely N-dealkylation sites (N-methyl/N-ethyl adjacent to an activating group) is 1. The van der Waals surface area contributed by atoms with Gasteiger partial charge in [0.2, 0.25) is 11.8 Å². The molecule has 1 aliphatic heterocycles. The molecule has 0 N–H and O–H groups in total. The van der Waals surface area contributed by atoms with Crippen LogP contribution in [-0.4, -0.2) is 55.3 Å². The molecule has 1 aliphatic rings. The predicted molar refractivity (Wildman–Crippen MR) is 103 cm³/mol. The third-order valence-electron chi connectivity index (χ3n) is 4.81. The smallest absolute Gasteiger partial charge is 0.246 e. The molecule has 0 saturated carbocycles. The minimum Gasteiger partial charge on any atom is -0.330 e. The standard InChI is InChI=1S/C21H24FN3O2/c1-15-4-10-18(11-5-15)25-13-12-24(14-19(25)26)21(27)20(23(2)3)16-6-8-17(22)9-7-16/h4-11,20H,12-14H2,1-3H3/t20-/m0/s1. The number of halogens is 1. The summed E-state index contributed by atoms with van der Waals surface area (Å²) in [6, 6.07) is 13.2. The first-order valence-electron chi connectivity index (χ1n) is 8.94. The first-order chi connectivity index (χ1) is 12.9. The minimum atomic E-state index is -0.552. The summed E-state index contributed by atoms with van der Waals surface area (Å²) in [5.41, 5.74) is 2.69. The van der Waals surface area contributed by atoms with Gasteiger partial charge in [-0.2, -0.15) is 0 Å². The van der Waals surface area contributed by atoms with E-state index in [1.165, 1.54) is 12.1 Å². The number of anilines is 1. The summed E-state index contributed by atoms with van der Waals surface area (Å²) in [5.74, 6) is -0.593. The zero-order chi connectivity index (χ0) is 19.6. The van der Waals surface area contributed by atoms with E-state index >= 15 is 0 Å². The predicted octanol–water partition coefficient (Wildman–Crippen LogP) is 2.61. The molecular formula is C21H24FN3O2. The summed E-state index contributed by atoms with van der Waals surface area (Å²) in [7, 11) is 3.60. The summed E-state index contributed by atoms with van der Waals surface area (Å²) in [4.78, 5) is 30.8. The molecule has 0 aromatic heterocycles. The highest BCUT2D eigenvalue weighted by molar-refractivity contribution is 5.98. The highest BCUT2D eigenvalue weighted by Crippen LogP contribution is 2.24. The molecule has 0 aliphatic carbocycles. The van der Waals surface area contributed by atoms with Crippen molar-refractivity contribution >= 4 is 17.5 Å². The van der Waals surface area contributed by atoms with Gasteiger partial charge in [-0.05, 0) is 50.8 Å². The molecular weight excluding hydrogens is 345 g/mol. The van der Waals surface area contributed by atoms with Gasteiger partial charge < -0.3 is 9.80 Å². The lowest BCUT2D eigenvalue weighted by Gasteiger charge is -2.37. The Morgan fingerprint density at radius 3 is 2.22 bits per heavy atom. The Hall–Kier alpha value is -2.73. The number of hydrogen-bond acceptors (Lipinski definition) is 3. The summed E-state index contributed by atoms with van der Waals surface area (Å²) >= 11 is 0. The average Bonchev–Trinajstić information content (AvgIpc) is 2.64. The van der Waals surface area contributed by atoms with Crippen molar-refractivity contribution in [2.75, 3.05) is 38.6 Å². The third-order valence-corrected chi connectivity index (χ3v) is 4.81. The lowest BCUT2D eigenvalue weighted by molar-refractivity contribution is -0.141. The molecule has 3 rings (SSSR count). The van der Waals surface area contributed by atoms with Crippen molar-refractivity contribution in [2.24, 2.45) is 0 Å². The SMILES string of the molecule is Cc1ccc(N2CCN(C(=O)[C@H](c3ccc(F)cc3)N(C)C)CC2=O)cc1. The summed E-state index contributed by atoms with van der Waals surface area (Å²) in [6.45, 7) is 2.96. The van der Waals surface area contributed by atoms with Crippen LogP contribution in [0, 0.1) is 12.7 Å². The quantitative estimate of drug-likeness (QED) is 0.832. The Balaban J connectivity index is 1.74. The summed E-state index contributed by atoms with van der Waals surface area (Å²) in [5, 5.41) is 0. The first-order valence-corrected chi connectivity index (χ1v) is 8.94. The normalized spacial score (nSPS) is 16.0. The molecule has 0 radical (unpaired) electrons. The van der Waals surface area contributed by atoms with Gasteiger partial charge in [-0.25, -0.2) is 4.39 Å². The van der Waals surface area contributed by atoms with Gasteiger partial charge in [-0.3, -0.25) is 14.5 Å². The second-order valence-corrected chi connectivity index (χ2v) is 7.06. The topological polar surface area (TPSA) is 43.9 Å². The van der Waals surface area contributed by atoms with Crippen LogP contribution in [0.1, 0.15) is 17.2 Å². The number of aryl methyl sites for hydroxylation is 1. The molecule has 5 nitrogen and oxygen atoms in total. The van der Waals surface area contributed by atoms with Crippen LogP contribution in [0.15, 0.2) is 48.5 Å². The van der Waals surface area contributed by atoms with Crippen molar-refractivity contribution in [1.29, 1.82) is 0 Å². The molecule has 0 unspecified atom stereocenters. The maximum atomic E-state index is 13.2. The monoisotopic (exact) mass is 369 g/mol. The van der Waals surface area contributed by atoms with E-state index in [-0.39, 0.29) is 24.2 Å². The molecule has 142 valence electrons. The molecule has 27 heavy (non-hydrogen) atoms. The molecule has 1 heterocycles. The number of carbonyl (C=O) groups is 2. The number of amides is 2. The molecule has 2 amide bonds. The van der Waals surface area contributed by atoms with E-state index in [2.05, 4.69) is 0 Å². The Bertz CT molecular complexity index is 818. The number of rotatable bonds is 4. The van der Waals surface area contributed by atoms with E-state index in [0.29, 0.717) is 18.7 Å². The van der Waals surface area contributed by atoms with E-state index in [1.807, 2.05) is 31.2 Å². The minimum absolute atomic E-state index is 0.0399. The van der Waals surface area contributed by atoms with Gasteiger partial charge in [-0.15, -0.1) is 0 Å². The number of hydrogen-bond donors (Lipinski definition) is 0. The number of nitrogens with zero attached hydrogens (tertiary/aromatic N) is 3. The average molecular weight is 369 g/mol. The van der Waals surface area contributed by atoms with Gasteiger partial charge in [0, 0.05) is 18.8 Å². The number of piperazine rings is 1. The molecule has 2 aromatic rings. The van der Waals surface area contributed by atoms with Gasteiger partial charge in [0.05, 0.1) is 0 Å². The largest absolute Gasteiger partial charge is 0.330 e. The Morgan fingerprint density at radius 2 is 1.67 bits per heavy atom. The van der Waals surface area contributed by atoms with E-state index in [0.717, 1.165) is 11.3 Å². The van der Waals surface area contributed by atoms with E-state index in [4.69, 9.17) is 0 Å². The maximum Gasteiger partial charge on any atom is 0.246 e. The second kappa shape index (κ2) is 7.88. The van der Waals surface area contributed by atoms with Crippen LogP contribution in [-0.2, 0) is 9.59 Å². The van der Waals surface area contributed by atoms with Crippen LogP contribution in [0.5, 0.6) is 0 Å². The lowest BCUT2D eigenvalue weighted by atomic mass is 10.0. The van der Waals surface area contributed by atoms with Crippen molar-refractivity contribution in [3.05, 3.63) is 65.5 Å². The fourth-order valence-corrected chi connectivity index (χ4v) is 3.34. The van der Waals surface area contributed by atoms with Crippen LogP contribution >= 0.6 is 0 Å². The van der Waals surface area contributed by atoms with Crippen LogP contribution < -0.4 is 4.90 Å². The van der Waals surface area contributed by atoms with Crippen molar-refractivity contribution < 1.29 is 14.0 Å². The molecule has 1 fully saturated rings. The fourth-order valence-electron chi connectivity index (χ4n) is 3.34. The molecule has 0 bridgehead atoms. The second-order valence-electron chi connectivity index (χ2n) is 7.06. The van der Waals surface area contributed by atoms with Gasteiger partial charge in [0.25, 0.3) is 0 Å². The van der Waals surface area contributed by atoms with Crippen molar-refractivity contribution in [2.45, 2.75) is 13.0 Å². The van der Waals surface area contributed by atoms with Crippen LogP contribution in [0.2, 0.25) is 0 Å². The molecule has 1 atom stereocenters. The highest BCUT2D eigenvalue weighted by atomic mass is 19.1. The zero-order valence-electron chi connectivity index (χ0n) is 15.9. The van der Waals surface area contributed by atoms with Crippen LogP contribution in [0.4, 0.5) is 10.1 Å². The maximum absolute atomic E-state index is 13.2. The van der Waals surface area contributed by atoms with Crippen LogP contribution in [0.25, 0.3) is 0 Å². The van der Waals surface area contributed by atoms with Crippen LogP contribution in [0.3, 0.4) is 0 Å². The highest BCUT2D eigenvalue weighted by Gasteiger charge is 2.33. The molecule has 6 heteroatoms.